The zero-order chi connectivity index (χ0) is 12.9. The van der Waals surface area contributed by atoms with Crippen LogP contribution in [0, 0.1) is 17.2 Å². The molecule has 4 N–H and O–H groups in total. The smallest absolute Gasteiger partial charge is 0.221 e. The molecule has 17 heavy (non-hydrogen) atoms. The molecule has 1 heterocycles. The number of nitrogens with two attached hydrogens (primary N) is 2. The molecule has 0 aromatic rings. The number of nitrogens with zero attached hydrogens (tertiary/aromatic N) is 2. The van der Waals surface area contributed by atoms with Crippen LogP contribution in [0.5, 0.6) is 0 Å². The van der Waals surface area contributed by atoms with Crippen molar-refractivity contribution in [3.05, 3.63) is 0 Å². The second-order valence-electron chi connectivity index (χ2n) is 5.17. The summed E-state index contributed by atoms with van der Waals surface area (Å²) in [5.41, 5.74) is 10.3. The summed E-state index contributed by atoms with van der Waals surface area (Å²) in [5, 5.41) is 8.80. The van der Waals surface area contributed by atoms with Gasteiger partial charge in [-0.3, -0.25) is 4.79 Å². The molecule has 5 heteroatoms. The Bertz CT molecular complexity index is 308. The van der Waals surface area contributed by atoms with E-state index in [9.17, 15) is 4.79 Å². The van der Waals surface area contributed by atoms with E-state index in [1.54, 1.807) is 6.92 Å². The molecule has 1 fully saturated rings. The van der Waals surface area contributed by atoms with Crippen molar-refractivity contribution in [1.82, 2.24) is 4.90 Å². The lowest BCUT2D eigenvalue weighted by atomic mass is 9.96. The lowest BCUT2D eigenvalue weighted by molar-refractivity contribution is -0.123. The lowest BCUT2D eigenvalue weighted by Crippen LogP contribution is -2.42. The lowest BCUT2D eigenvalue weighted by Gasteiger charge is -2.31. The van der Waals surface area contributed by atoms with Gasteiger partial charge in [0.15, 0.2) is 0 Å². The van der Waals surface area contributed by atoms with Crippen LogP contribution in [0.25, 0.3) is 0 Å². The summed E-state index contributed by atoms with van der Waals surface area (Å²) < 4.78 is 0. The van der Waals surface area contributed by atoms with Crippen molar-refractivity contribution >= 4 is 5.91 Å². The molecule has 0 radical (unpaired) electrons. The van der Waals surface area contributed by atoms with Crippen molar-refractivity contribution in [3.63, 3.8) is 0 Å². The van der Waals surface area contributed by atoms with Gasteiger partial charge in [0.25, 0.3) is 0 Å². The molecular weight excluding hydrogens is 216 g/mol. The van der Waals surface area contributed by atoms with Gasteiger partial charge in [0.05, 0.1) is 12.0 Å². The zero-order valence-electron chi connectivity index (χ0n) is 10.5. The van der Waals surface area contributed by atoms with Gasteiger partial charge in [0, 0.05) is 6.54 Å². The number of carbonyl (C=O) groups is 1. The predicted octanol–water partition coefficient (Wildman–Crippen LogP) is 0.205. The van der Waals surface area contributed by atoms with Crippen LogP contribution in [0.1, 0.15) is 32.6 Å². The van der Waals surface area contributed by atoms with Crippen molar-refractivity contribution < 1.29 is 4.79 Å². The molecule has 5 nitrogen and oxygen atoms in total. The number of nitriles is 1. The minimum absolute atomic E-state index is 0.0102. The van der Waals surface area contributed by atoms with Crippen LogP contribution in [0.15, 0.2) is 0 Å². The maximum Gasteiger partial charge on any atom is 0.221 e. The molecule has 1 amide bonds. The number of hydrogen-bond acceptors (Lipinski definition) is 4. The topological polar surface area (TPSA) is 96.1 Å². The molecule has 0 aliphatic carbocycles. The Kier molecular flexibility index (Phi) is 4.91. The van der Waals surface area contributed by atoms with Crippen LogP contribution < -0.4 is 11.5 Å². The van der Waals surface area contributed by atoms with Crippen molar-refractivity contribution in [1.29, 1.82) is 5.26 Å². The van der Waals surface area contributed by atoms with E-state index >= 15 is 0 Å². The summed E-state index contributed by atoms with van der Waals surface area (Å²) in [5.74, 6) is -0.209. The van der Waals surface area contributed by atoms with E-state index in [0.29, 0.717) is 6.42 Å². The Balaban J connectivity index is 2.28. The van der Waals surface area contributed by atoms with E-state index in [1.165, 1.54) is 0 Å². The predicted molar refractivity (Wildman–Crippen MR) is 65.8 cm³/mol. The average molecular weight is 238 g/mol. The number of amides is 1. The molecule has 1 aliphatic rings. The van der Waals surface area contributed by atoms with Crippen LogP contribution in [-0.4, -0.2) is 36.0 Å². The molecule has 1 rings (SSSR count). The van der Waals surface area contributed by atoms with Crippen LogP contribution in [0.4, 0.5) is 0 Å². The van der Waals surface area contributed by atoms with Crippen LogP contribution in [0.3, 0.4) is 0 Å². The third-order valence-electron chi connectivity index (χ3n) is 3.33. The third-order valence-corrected chi connectivity index (χ3v) is 3.33. The maximum absolute atomic E-state index is 11.1. The summed E-state index contributed by atoms with van der Waals surface area (Å²) in [6.07, 6.45) is 3.48. The Labute approximate surface area is 103 Å². The van der Waals surface area contributed by atoms with E-state index in [4.69, 9.17) is 16.7 Å². The van der Waals surface area contributed by atoms with Crippen molar-refractivity contribution in [3.8, 4) is 6.07 Å². The van der Waals surface area contributed by atoms with E-state index in [1.807, 2.05) is 0 Å². The zero-order valence-corrected chi connectivity index (χ0v) is 10.5. The van der Waals surface area contributed by atoms with Gasteiger partial charge in [0.2, 0.25) is 5.91 Å². The first kappa shape index (κ1) is 13.9. The van der Waals surface area contributed by atoms with Gasteiger partial charge in [-0.25, -0.2) is 0 Å². The van der Waals surface area contributed by atoms with Gasteiger partial charge in [-0.05, 0) is 45.7 Å². The number of likely N-dealkylation sites (tertiary alicyclic amines) is 1. The summed E-state index contributed by atoms with van der Waals surface area (Å²) in [6.45, 7) is 4.40. The molecule has 96 valence electrons. The molecule has 0 aromatic heterocycles. The number of rotatable bonds is 5. The summed E-state index contributed by atoms with van der Waals surface area (Å²) in [6, 6.07) is 2.09. The van der Waals surface area contributed by atoms with Gasteiger partial charge < -0.3 is 16.4 Å². The van der Waals surface area contributed by atoms with Crippen LogP contribution in [0.2, 0.25) is 0 Å². The Morgan fingerprint density at radius 1 is 1.65 bits per heavy atom. The van der Waals surface area contributed by atoms with Crippen LogP contribution >= 0.6 is 0 Å². The number of piperidine rings is 1. The fourth-order valence-corrected chi connectivity index (χ4v) is 2.22. The Morgan fingerprint density at radius 3 is 2.94 bits per heavy atom. The normalized spacial score (nSPS) is 24.9. The molecule has 2 unspecified atom stereocenters. The molecule has 0 bridgehead atoms. The highest BCUT2D eigenvalue weighted by Crippen LogP contribution is 2.17. The number of primary amides is 1. The van der Waals surface area contributed by atoms with Gasteiger partial charge >= 0.3 is 0 Å². The molecule has 2 atom stereocenters. The summed E-state index contributed by atoms with van der Waals surface area (Å²) >= 11 is 0. The van der Waals surface area contributed by atoms with E-state index in [2.05, 4.69) is 11.0 Å². The first-order chi connectivity index (χ1) is 7.94. The minimum Gasteiger partial charge on any atom is -0.369 e. The standard InChI is InChI=1S/C12H22N4O/c1-12(15,9-13)5-3-7-16-6-2-4-10(8-16)11(14)17/h10H,2-8,15H2,1H3,(H2,14,17). The number of carbonyl (C=O) groups excluding carboxylic acids is 1. The van der Waals surface area contributed by atoms with Crippen molar-refractivity contribution in [2.75, 3.05) is 19.6 Å². The molecule has 1 aliphatic heterocycles. The van der Waals surface area contributed by atoms with Crippen LogP contribution in [-0.2, 0) is 4.79 Å². The second kappa shape index (κ2) is 5.99. The van der Waals surface area contributed by atoms with Gasteiger partial charge in [-0.2, -0.15) is 5.26 Å². The second-order valence-corrected chi connectivity index (χ2v) is 5.17. The van der Waals surface area contributed by atoms with E-state index in [-0.39, 0.29) is 11.8 Å². The Hall–Kier alpha value is -1.12. The fourth-order valence-electron chi connectivity index (χ4n) is 2.22. The minimum atomic E-state index is -0.737. The molecule has 0 spiro atoms. The van der Waals surface area contributed by atoms with Crippen molar-refractivity contribution in [2.45, 2.75) is 38.1 Å². The molecule has 1 saturated heterocycles. The maximum atomic E-state index is 11.1. The largest absolute Gasteiger partial charge is 0.369 e. The summed E-state index contributed by atoms with van der Waals surface area (Å²) in [7, 11) is 0. The van der Waals surface area contributed by atoms with Crippen molar-refractivity contribution in [2.24, 2.45) is 17.4 Å². The average Bonchev–Trinajstić information content (AvgIpc) is 2.29. The van der Waals surface area contributed by atoms with Gasteiger partial charge in [-0.1, -0.05) is 0 Å². The molecule has 0 aromatic carbocycles. The first-order valence-electron chi connectivity index (χ1n) is 6.16. The van der Waals surface area contributed by atoms with Gasteiger partial charge in [-0.15, -0.1) is 0 Å². The Morgan fingerprint density at radius 2 is 2.35 bits per heavy atom. The first-order valence-corrected chi connectivity index (χ1v) is 6.16. The fraction of sp³-hybridized carbons (Fsp3) is 0.833. The summed E-state index contributed by atoms with van der Waals surface area (Å²) in [4.78, 5) is 13.4. The molecular formula is C12H22N4O. The molecule has 0 saturated carbocycles. The quantitative estimate of drug-likeness (QED) is 0.715. The SMILES string of the molecule is CC(N)(C#N)CCCN1CCCC(C(N)=O)C1. The van der Waals surface area contributed by atoms with Gasteiger partial charge in [0.1, 0.15) is 5.54 Å². The van der Waals surface area contributed by atoms with E-state index < -0.39 is 5.54 Å². The number of hydrogen-bond donors (Lipinski definition) is 2. The third kappa shape index (κ3) is 4.72. The highest BCUT2D eigenvalue weighted by molar-refractivity contribution is 5.76. The van der Waals surface area contributed by atoms with E-state index in [0.717, 1.165) is 38.9 Å². The highest BCUT2D eigenvalue weighted by Gasteiger charge is 2.24. The monoisotopic (exact) mass is 238 g/mol. The highest BCUT2D eigenvalue weighted by atomic mass is 16.1.